The summed E-state index contributed by atoms with van der Waals surface area (Å²) in [6.45, 7) is 2.70. The van der Waals surface area contributed by atoms with Gasteiger partial charge in [-0.25, -0.2) is 10.6 Å². The van der Waals surface area contributed by atoms with E-state index in [1.54, 1.807) is 11.9 Å². The normalized spacial score (nSPS) is 10.0. The number of aryl methyl sites for hydroxylation is 1. The first-order valence-electron chi connectivity index (χ1n) is 5.01. The second-order valence-corrected chi connectivity index (χ2v) is 4.61. The number of carbonyl (C=O) groups excluding carboxylic acids is 1. The van der Waals surface area contributed by atoms with Crippen molar-refractivity contribution >= 4 is 22.0 Å². The number of amides is 2. The molecule has 0 unspecified atom stereocenters. The molecule has 0 fully saturated rings. The van der Waals surface area contributed by atoms with Crippen LogP contribution in [0.1, 0.15) is 11.1 Å². The Balaban J connectivity index is 2.60. The predicted molar refractivity (Wildman–Crippen MR) is 67.9 cm³/mol. The Hall–Kier alpha value is -1.07. The Morgan fingerprint density at radius 2 is 2.25 bits per heavy atom. The summed E-state index contributed by atoms with van der Waals surface area (Å²) in [4.78, 5) is 12.7. The monoisotopic (exact) mass is 285 g/mol. The Kier molecular flexibility index (Phi) is 4.76. The Morgan fingerprint density at radius 1 is 1.56 bits per heavy atom. The van der Waals surface area contributed by atoms with Crippen LogP contribution in [-0.2, 0) is 6.42 Å². The van der Waals surface area contributed by atoms with Crippen molar-refractivity contribution in [3.63, 3.8) is 0 Å². The second kappa shape index (κ2) is 5.86. The number of rotatable bonds is 3. The van der Waals surface area contributed by atoms with Crippen LogP contribution in [0.2, 0.25) is 0 Å². The van der Waals surface area contributed by atoms with Crippen LogP contribution in [0.4, 0.5) is 4.79 Å². The van der Waals surface area contributed by atoms with Crippen molar-refractivity contribution in [1.82, 2.24) is 10.3 Å². The van der Waals surface area contributed by atoms with Crippen LogP contribution in [0, 0.1) is 6.92 Å². The van der Waals surface area contributed by atoms with Gasteiger partial charge in [-0.2, -0.15) is 0 Å². The molecule has 0 spiro atoms. The number of urea groups is 1. The van der Waals surface area contributed by atoms with Gasteiger partial charge in [0, 0.05) is 18.1 Å². The van der Waals surface area contributed by atoms with Gasteiger partial charge in [0.1, 0.15) is 0 Å². The van der Waals surface area contributed by atoms with Gasteiger partial charge in [0.25, 0.3) is 0 Å². The van der Waals surface area contributed by atoms with Crippen LogP contribution in [0.5, 0.6) is 0 Å². The van der Waals surface area contributed by atoms with Gasteiger partial charge in [0.05, 0.1) is 0 Å². The molecule has 0 atom stereocenters. The molecule has 1 aromatic rings. The molecule has 0 aliphatic carbocycles. The number of hydrogen-bond donors (Lipinski definition) is 2. The van der Waals surface area contributed by atoms with E-state index >= 15 is 0 Å². The number of likely N-dealkylation sites (N-methyl/N-ethyl adjacent to an activating group) is 1. The average molecular weight is 286 g/mol. The van der Waals surface area contributed by atoms with Crippen molar-refractivity contribution in [2.75, 3.05) is 13.6 Å². The number of hydrazine groups is 1. The number of nitrogens with one attached hydrogen (secondary N) is 1. The summed E-state index contributed by atoms with van der Waals surface area (Å²) in [7, 11) is 1.72. The highest BCUT2D eigenvalue weighted by atomic mass is 79.9. The number of benzene rings is 1. The van der Waals surface area contributed by atoms with Crippen LogP contribution >= 0.6 is 15.9 Å². The molecular weight excluding hydrogens is 270 g/mol. The summed E-state index contributed by atoms with van der Waals surface area (Å²) >= 11 is 3.43. The molecule has 0 bridgehead atoms. The van der Waals surface area contributed by atoms with Gasteiger partial charge in [-0.1, -0.05) is 22.0 Å². The van der Waals surface area contributed by atoms with E-state index in [0.717, 1.165) is 10.9 Å². The fourth-order valence-corrected chi connectivity index (χ4v) is 1.82. The van der Waals surface area contributed by atoms with E-state index in [-0.39, 0.29) is 6.03 Å². The summed E-state index contributed by atoms with van der Waals surface area (Å²) in [5.41, 5.74) is 4.56. The van der Waals surface area contributed by atoms with Crippen LogP contribution < -0.4 is 11.3 Å². The third-order valence-electron chi connectivity index (χ3n) is 2.50. The van der Waals surface area contributed by atoms with Crippen molar-refractivity contribution < 1.29 is 4.79 Å². The van der Waals surface area contributed by atoms with Crippen LogP contribution in [0.25, 0.3) is 0 Å². The minimum absolute atomic E-state index is 0.271. The quantitative estimate of drug-likeness (QED) is 0.506. The molecule has 0 aromatic heterocycles. The van der Waals surface area contributed by atoms with E-state index in [0.29, 0.717) is 6.54 Å². The van der Waals surface area contributed by atoms with Crippen molar-refractivity contribution in [3.8, 4) is 0 Å². The standard InChI is InChI=1S/C11H16BrN3O/c1-8-3-4-10(12)7-9(8)5-6-15(2)11(16)14-13/h3-4,7H,5-6,13H2,1-2H3,(H,14,16). The summed E-state index contributed by atoms with van der Waals surface area (Å²) in [5.74, 6) is 5.05. The van der Waals surface area contributed by atoms with Gasteiger partial charge in [-0.15, -0.1) is 0 Å². The third kappa shape index (κ3) is 3.50. The van der Waals surface area contributed by atoms with Crippen molar-refractivity contribution in [2.45, 2.75) is 13.3 Å². The molecule has 0 aliphatic rings. The smallest absolute Gasteiger partial charge is 0.326 e. The number of nitrogens with zero attached hydrogens (tertiary/aromatic N) is 1. The predicted octanol–water partition coefficient (Wildman–Crippen LogP) is 1.82. The van der Waals surface area contributed by atoms with Crippen molar-refractivity contribution in [3.05, 3.63) is 33.8 Å². The molecule has 0 aliphatic heterocycles. The highest BCUT2D eigenvalue weighted by Crippen LogP contribution is 2.16. The zero-order chi connectivity index (χ0) is 12.1. The van der Waals surface area contributed by atoms with Crippen LogP contribution in [0.3, 0.4) is 0 Å². The average Bonchev–Trinajstić information content (AvgIpc) is 2.28. The van der Waals surface area contributed by atoms with Gasteiger partial charge >= 0.3 is 6.03 Å². The first kappa shape index (κ1) is 13.0. The van der Waals surface area contributed by atoms with Gasteiger partial charge in [0.15, 0.2) is 0 Å². The van der Waals surface area contributed by atoms with Gasteiger partial charge < -0.3 is 4.90 Å². The molecule has 0 radical (unpaired) electrons. The molecule has 2 amide bonds. The largest absolute Gasteiger partial charge is 0.331 e. The molecule has 1 aromatic carbocycles. The van der Waals surface area contributed by atoms with Crippen molar-refractivity contribution in [1.29, 1.82) is 0 Å². The minimum atomic E-state index is -0.271. The van der Waals surface area contributed by atoms with Gasteiger partial charge in [-0.3, -0.25) is 5.43 Å². The fourth-order valence-electron chi connectivity index (χ4n) is 1.41. The zero-order valence-corrected chi connectivity index (χ0v) is 11.0. The second-order valence-electron chi connectivity index (χ2n) is 3.69. The fraction of sp³-hybridized carbons (Fsp3) is 0.364. The Bertz CT molecular complexity index is 381. The Morgan fingerprint density at radius 3 is 2.88 bits per heavy atom. The van der Waals surface area contributed by atoms with E-state index in [1.165, 1.54) is 11.1 Å². The summed E-state index contributed by atoms with van der Waals surface area (Å²) < 4.78 is 1.05. The summed E-state index contributed by atoms with van der Waals surface area (Å²) in [6.07, 6.45) is 0.815. The van der Waals surface area contributed by atoms with E-state index < -0.39 is 0 Å². The lowest BCUT2D eigenvalue weighted by Crippen LogP contribution is -2.42. The SMILES string of the molecule is Cc1ccc(Br)cc1CCN(C)C(=O)NN. The lowest BCUT2D eigenvalue weighted by molar-refractivity contribution is 0.209. The highest BCUT2D eigenvalue weighted by molar-refractivity contribution is 9.10. The number of carbonyl (C=O) groups is 1. The molecular formula is C11H16BrN3O. The topological polar surface area (TPSA) is 58.4 Å². The number of nitrogens with two attached hydrogens (primary N) is 1. The molecule has 0 heterocycles. The molecule has 0 saturated carbocycles. The first-order valence-corrected chi connectivity index (χ1v) is 5.80. The first-order chi connectivity index (χ1) is 7.54. The minimum Gasteiger partial charge on any atom is -0.326 e. The summed E-state index contributed by atoms with van der Waals surface area (Å²) in [6, 6.07) is 5.87. The maximum absolute atomic E-state index is 11.2. The lowest BCUT2D eigenvalue weighted by atomic mass is 10.1. The van der Waals surface area contributed by atoms with Crippen LogP contribution in [0.15, 0.2) is 22.7 Å². The molecule has 5 heteroatoms. The summed E-state index contributed by atoms with van der Waals surface area (Å²) in [5, 5.41) is 0. The lowest BCUT2D eigenvalue weighted by Gasteiger charge is -2.16. The maximum atomic E-state index is 11.2. The van der Waals surface area contributed by atoms with E-state index in [1.807, 2.05) is 6.07 Å². The van der Waals surface area contributed by atoms with Crippen LogP contribution in [-0.4, -0.2) is 24.5 Å². The van der Waals surface area contributed by atoms with E-state index in [2.05, 4.69) is 40.4 Å². The molecule has 0 saturated heterocycles. The molecule has 1 rings (SSSR count). The number of hydrogen-bond acceptors (Lipinski definition) is 2. The van der Waals surface area contributed by atoms with E-state index in [4.69, 9.17) is 5.84 Å². The molecule has 88 valence electrons. The Labute approximate surface area is 104 Å². The van der Waals surface area contributed by atoms with Crippen molar-refractivity contribution in [2.24, 2.45) is 5.84 Å². The van der Waals surface area contributed by atoms with Gasteiger partial charge in [-0.05, 0) is 36.6 Å². The van der Waals surface area contributed by atoms with E-state index in [9.17, 15) is 4.79 Å². The highest BCUT2D eigenvalue weighted by Gasteiger charge is 2.07. The van der Waals surface area contributed by atoms with Gasteiger partial charge in [0.2, 0.25) is 0 Å². The zero-order valence-electron chi connectivity index (χ0n) is 9.46. The maximum Gasteiger partial charge on any atom is 0.331 e. The third-order valence-corrected chi connectivity index (χ3v) is 2.99. The molecule has 16 heavy (non-hydrogen) atoms. The molecule has 3 N–H and O–H groups in total. The molecule has 4 nitrogen and oxygen atoms in total. The number of halogens is 1.